The molecule has 0 heterocycles. The maximum absolute atomic E-state index is 2.49. The number of hydrogen-bond donors (Lipinski definition) is 0. The molecular weight excluding hydrogens is 468 g/mol. The molecule has 0 saturated carbocycles. The van der Waals surface area contributed by atoms with Gasteiger partial charge in [-0.05, 0) is 118 Å². The van der Waals surface area contributed by atoms with E-state index in [1.165, 1.54) is 63.8 Å². The highest BCUT2D eigenvalue weighted by molar-refractivity contribution is 5.86. The molecule has 0 saturated heterocycles. The van der Waals surface area contributed by atoms with Crippen LogP contribution < -0.4 is 0 Å². The van der Waals surface area contributed by atoms with Crippen molar-refractivity contribution in [3.63, 3.8) is 0 Å². The molecule has 0 radical (unpaired) electrons. The monoisotopic (exact) mass is 502 g/mol. The first-order chi connectivity index (χ1) is 19.3. The Balaban J connectivity index is 1.00. The molecule has 0 fully saturated rings. The molecule has 0 aliphatic heterocycles. The molecule has 5 aliphatic carbocycles. The molecule has 0 spiro atoms. The van der Waals surface area contributed by atoms with Crippen molar-refractivity contribution >= 4 is 5.57 Å². The largest absolute Gasteiger partial charge is 0.0836 e. The summed E-state index contributed by atoms with van der Waals surface area (Å²) >= 11 is 0. The zero-order chi connectivity index (χ0) is 25.8. The molecule has 0 amide bonds. The van der Waals surface area contributed by atoms with E-state index in [1.54, 1.807) is 27.9 Å². The predicted octanol–water partition coefficient (Wildman–Crippen LogP) is 9.99. The maximum atomic E-state index is 2.49. The highest BCUT2D eigenvalue weighted by Gasteiger charge is 2.30. The lowest BCUT2D eigenvalue weighted by atomic mass is 9.87. The number of rotatable bonds is 4. The summed E-state index contributed by atoms with van der Waals surface area (Å²) in [6, 6.07) is 25.6. The number of hydrogen-bond acceptors (Lipinski definition) is 0. The van der Waals surface area contributed by atoms with Crippen LogP contribution in [0.1, 0.15) is 72.3 Å². The van der Waals surface area contributed by atoms with Gasteiger partial charge in [-0.1, -0.05) is 109 Å². The minimum absolute atomic E-state index is 0.589. The van der Waals surface area contributed by atoms with Crippen molar-refractivity contribution in [2.24, 2.45) is 0 Å². The van der Waals surface area contributed by atoms with Crippen molar-refractivity contribution in [3.8, 4) is 11.1 Å². The third kappa shape index (κ3) is 3.97. The zero-order valence-corrected chi connectivity index (χ0v) is 22.5. The van der Waals surface area contributed by atoms with E-state index in [4.69, 9.17) is 0 Å². The average molecular weight is 503 g/mol. The molecule has 0 N–H and O–H groups in total. The van der Waals surface area contributed by atoms with Gasteiger partial charge in [0.15, 0.2) is 0 Å². The fraction of sp³-hybridized carbons (Fsp3) is 0.231. The smallest absolute Gasteiger partial charge is 0.00922 e. The first-order valence-corrected chi connectivity index (χ1v) is 14.8. The third-order valence-corrected chi connectivity index (χ3v) is 9.55. The van der Waals surface area contributed by atoms with Crippen molar-refractivity contribution in [1.82, 2.24) is 0 Å². The Bertz CT molecular complexity index is 1660. The van der Waals surface area contributed by atoms with Gasteiger partial charge in [-0.25, -0.2) is 0 Å². The van der Waals surface area contributed by atoms with Crippen LogP contribution >= 0.6 is 0 Å². The minimum Gasteiger partial charge on any atom is -0.0836 e. The molecule has 8 rings (SSSR count). The summed E-state index contributed by atoms with van der Waals surface area (Å²) in [5, 5.41) is 0. The second kappa shape index (κ2) is 9.38. The molecule has 1 unspecified atom stereocenters. The summed E-state index contributed by atoms with van der Waals surface area (Å²) in [6.45, 7) is 0. The molecule has 0 bridgehead atoms. The van der Waals surface area contributed by atoms with E-state index in [0.717, 1.165) is 32.1 Å². The van der Waals surface area contributed by atoms with Gasteiger partial charge in [0.25, 0.3) is 0 Å². The van der Waals surface area contributed by atoms with Crippen molar-refractivity contribution in [2.75, 3.05) is 0 Å². The number of fused-ring (bicyclic) bond motifs is 5. The van der Waals surface area contributed by atoms with E-state index >= 15 is 0 Å². The summed E-state index contributed by atoms with van der Waals surface area (Å²) in [6.07, 6.45) is 23.4. The molecule has 39 heavy (non-hydrogen) atoms. The fourth-order valence-electron chi connectivity index (χ4n) is 7.62. The Morgan fingerprint density at radius 3 is 2.28 bits per heavy atom. The highest BCUT2D eigenvalue weighted by Crippen LogP contribution is 2.49. The van der Waals surface area contributed by atoms with Crippen LogP contribution in [0.3, 0.4) is 0 Å². The minimum atomic E-state index is 0.589. The molecule has 5 aliphatic rings. The second-order valence-corrected chi connectivity index (χ2v) is 11.8. The standard InChI is InChI=1S/C39H34/c1-3-9-34-30(7-1)24-38-32(11-5-13-36(34)38)28-19-15-26(16-20-28)23-27-17-21-29(22-18-27)33-12-6-14-37-35-10-4-2-8-31(35)25-39(33)37/h1,3,5,7-8,10-13,15-22,34H,2,4,6,9,14,23-25H2. The van der Waals surface area contributed by atoms with Gasteiger partial charge in [-0.15, -0.1) is 0 Å². The molecule has 3 aromatic carbocycles. The number of benzene rings is 3. The molecule has 0 nitrogen and oxygen atoms in total. The van der Waals surface area contributed by atoms with Crippen LogP contribution in [0.4, 0.5) is 0 Å². The van der Waals surface area contributed by atoms with Gasteiger partial charge in [-0.3, -0.25) is 0 Å². The summed E-state index contributed by atoms with van der Waals surface area (Å²) in [4.78, 5) is 0. The molecule has 1 atom stereocenters. The van der Waals surface area contributed by atoms with Gasteiger partial charge >= 0.3 is 0 Å². The van der Waals surface area contributed by atoms with Crippen LogP contribution in [0.25, 0.3) is 16.7 Å². The quantitative estimate of drug-likeness (QED) is 0.333. The summed E-state index contributed by atoms with van der Waals surface area (Å²) < 4.78 is 0. The van der Waals surface area contributed by atoms with Crippen LogP contribution in [-0.2, 0) is 12.8 Å². The van der Waals surface area contributed by atoms with Crippen molar-refractivity contribution in [3.05, 3.63) is 159 Å². The maximum Gasteiger partial charge on any atom is 0.00922 e. The van der Waals surface area contributed by atoms with E-state index in [9.17, 15) is 0 Å². The summed E-state index contributed by atoms with van der Waals surface area (Å²) in [7, 11) is 0. The van der Waals surface area contributed by atoms with Crippen molar-refractivity contribution < 1.29 is 0 Å². The fourth-order valence-corrected chi connectivity index (χ4v) is 7.62. The molecule has 3 aromatic rings. The molecule has 190 valence electrons. The van der Waals surface area contributed by atoms with Gasteiger partial charge in [-0.2, -0.15) is 0 Å². The first kappa shape index (κ1) is 23.0. The van der Waals surface area contributed by atoms with Crippen LogP contribution in [0.15, 0.2) is 131 Å². The van der Waals surface area contributed by atoms with Crippen LogP contribution in [-0.4, -0.2) is 0 Å². The Hall–Kier alpha value is -3.90. The topological polar surface area (TPSA) is 0 Å². The van der Waals surface area contributed by atoms with Gasteiger partial charge in [0.2, 0.25) is 0 Å². The van der Waals surface area contributed by atoms with Crippen LogP contribution in [0.2, 0.25) is 0 Å². The number of allylic oxidation sites excluding steroid dienone is 12. The predicted molar refractivity (Wildman–Crippen MR) is 164 cm³/mol. The van der Waals surface area contributed by atoms with E-state index in [0.29, 0.717) is 5.92 Å². The van der Waals surface area contributed by atoms with Crippen molar-refractivity contribution in [2.45, 2.75) is 57.3 Å². The average Bonchev–Trinajstić information content (AvgIpc) is 3.57. The van der Waals surface area contributed by atoms with Gasteiger partial charge in [0.1, 0.15) is 0 Å². The summed E-state index contributed by atoms with van der Waals surface area (Å²) in [5.41, 5.74) is 19.4. The van der Waals surface area contributed by atoms with E-state index < -0.39 is 0 Å². The Kier molecular flexibility index (Phi) is 5.54. The van der Waals surface area contributed by atoms with Crippen LogP contribution in [0, 0.1) is 0 Å². The first-order valence-electron chi connectivity index (χ1n) is 14.8. The van der Waals surface area contributed by atoms with Crippen LogP contribution in [0.5, 0.6) is 0 Å². The molecule has 0 heteroatoms. The Labute approximate surface area is 232 Å². The Morgan fingerprint density at radius 1 is 0.667 bits per heavy atom. The third-order valence-electron chi connectivity index (χ3n) is 9.55. The lowest BCUT2D eigenvalue weighted by molar-refractivity contribution is 0.822. The lowest BCUT2D eigenvalue weighted by Gasteiger charge is -2.18. The summed E-state index contributed by atoms with van der Waals surface area (Å²) in [5.74, 6) is 0.589. The van der Waals surface area contributed by atoms with E-state index in [-0.39, 0.29) is 0 Å². The van der Waals surface area contributed by atoms with E-state index in [1.807, 2.05) is 0 Å². The molecular formula is C39H34. The zero-order valence-electron chi connectivity index (χ0n) is 22.5. The highest BCUT2D eigenvalue weighted by atomic mass is 14.3. The second-order valence-electron chi connectivity index (χ2n) is 11.8. The van der Waals surface area contributed by atoms with Gasteiger partial charge in [0, 0.05) is 5.92 Å². The Morgan fingerprint density at radius 2 is 1.44 bits per heavy atom. The molecule has 0 aromatic heterocycles. The van der Waals surface area contributed by atoms with Crippen molar-refractivity contribution in [1.29, 1.82) is 0 Å². The van der Waals surface area contributed by atoms with E-state index in [2.05, 4.69) is 103 Å². The lowest BCUT2D eigenvalue weighted by Crippen LogP contribution is -1.98. The van der Waals surface area contributed by atoms with Gasteiger partial charge in [0.05, 0.1) is 0 Å². The SMILES string of the molecule is C1=CCC2C(=C1)Cc1c(-c3ccc(Cc4ccc(C5=CCCC6=C5CC5=CCCC=C56)cc4)cc3)cccc12. The normalized spacial score (nSPS) is 20.9. The van der Waals surface area contributed by atoms with Gasteiger partial charge < -0.3 is 0 Å².